The van der Waals surface area contributed by atoms with Crippen LogP contribution in [0, 0.1) is 0 Å². The minimum absolute atomic E-state index is 0.0351. The number of pyridine rings is 1. The van der Waals surface area contributed by atoms with E-state index < -0.39 is 23.9 Å². The Labute approximate surface area is 217 Å². The average molecular weight is 541 g/mol. The zero-order valence-electron chi connectivity index (χ0n) is 20.9. The molecule has 0 aliphatic carbocycles. The number of amides is 3. The van der Waals surface area contributed by atoms with Gasteiger partial charge < -0.3 is 29.9 Å². The van der Waals surface area contributed by atoms with Crippen molar-refractivity contribution in [2.24, 2.45) is 0 Å². The second-order valence-electron chi connectivity index (χ2n) is 8.92. The van der Waals surface area contributed by atoms with Crippen molar-refractivity contribution < 1.29 is 37.4 Å². The lowest BCUT2D eigenvalue weighted by Gasteiger charge is -2.45. The molecule has 1 spiro atoms. The largest absolute Gasteiger partial charge is 0.490 e. The van der Waals surface area contributed by atoms with Gasteiger partial charge in [0, 0.05) is 51.1 Å². The molecule has 2 aromatic rings. The van der Waals surface area contributed by atoms with E-state index in [1.54, 1.807) is 12.4 Å². The number of unbranched alkanes of at least 4 members (excludes halogenated alkanes) is 1. The van der Waals surface area contributed by atoms with Crippen LogP contribution in [0.3, 0.4) is 0 Å². The number of ether oxygens (including phenoxy) is 1. The van der Waals surface area contributed by atoms with Gasteiger partial charge in [0.15, 0.2) is 6.10 Å². The smallest absolute Gasteiger partial charge is 0.475 e. The summed E-state index contributed by atoms with van der Waals surface area (Å²) < 4.78 is 40.1. The lowest BCUT2D eigenvalue weighted by atomic mass is 9.88. The van der Waals surface area contributed by atoms with E-state index in [2.05, 4.69) is 27.5 Å². The number of aromatic nitrogens is 3. The number of halogens is 3. The van der Waals surface area contributed by atoms with Gasteiger partial charge in [0.1, 0.15) is 11.4 Å². The first-order valence-corrected chi connectivity index (χ1v) is 12.3. The molecule has 3 N–H and O–H groups in total. The van der Waals surface area contributed by atoms with E-state index in [0.29, 0.717) is 45.6 Å². The molecule has 1 fully saturated rings. The monoisotopic (exact) mass is 540 g/mol. The Bertz CT molecular complexity index is 1090. The molecular formula is C24H31F3N6O5. The molecule has 0 bridgehead atoms. The second-order valence-corrected chi connectivity index (χ2v) is 8.92. The molecule has 2 aliphatic heterocycles. The highest BCUT2D eigenvalue weighted by molar-refractivity contribution is 5.81. The van der Waals surface area contributed by atoms with E-state index in [9.17, 15) is 22.8 Å². The Morgan fingerprint density at radius 3 is 2.47 bits per heavy atom. The minimum atomic E-state index is -5.08. The van der Waals surface area contributed by atoms with Crippen LogP contribution in [0.25, 0.3) is 0 Å². The van der Waals surface area contributed by atoms with Gasteiger partial charge in [-0.1, -0.05) is 19.4 Å². The topological polar surface area (TPSA) is 139 Å². The number of piperidine rings is 1. The van der Waals surface area contributed by atoms with Crippen molar-refractivity contribution in [2.75, 3.05) is 19.6 Å². The van der Waals surface area contributed by atoms with Crippen LogP contribution < -0.4 is 10.6 Å². The number of hydrogen-bond donors (Lipinski definition) is 3. The molecule has 0 saturated carbocycles. The second kappa shape index (κ2) is 12.7. The summed E-state index contributed by atoms with van der Waals surface area (Å²) in [6.07, 6.45) is 2.88. The first-order valence-electron chi connectivity index (χ1n) is 12.3. The summed E-state index contributed by atoms with van der Waals surface area (Å²) in [6, 6.07) is 5.58. The molecule has 3 amide bonds. The predicted octanol–water partition coefficient (Wildman–Crippen LogP) is 2.43. The SMILES string of the molecule is CCCCNC(=O)N1CCC2(CC1)OC(C(=O)NCc1ccccn1)Cn1ccnc12.O=C(O)C(F)(F)F. The molecule has 1 saturated heterocycles. The maximum Gasteiger partial charge on any atom is 0.490 e. The highest BCUT2D eigenvalue weighted by Crippen LogP contribution is 2.40. The molecule has 38 heavy (non-hydrogen) atoms. The highest BCUT2D eigenvalue weighted by Gasteiger charge is 2.47. The lowest BCUT2D eigenvalue weighted by molar-refractivity contribution is -0.192. The number of carbonyl (C=O) groups is 3. The number of nitrogens with zero attached hydrogens (tertiary/aromatic N) is 4. The number of urea groups is 1. The summed E-state index contributed by atoms with van der Waals surface area (Å²) >= 11 is 0. The van der Waals surface area contributed by atoms with Gasteiger partial charge in [-0.25, -0.2) is 14.6 Å². The van der Waals surface area contributed by atoms with E-state index in [1.807, 2.05) is 33.9 Å². The summed E-state index contributed by atoms with van der Waals surface area (Å²) in [5.41, 5.74) is 0.140. The third-order valence-electron chi connectivity index (χ3n) is 6.22. The van der Waals surface area contributed by atoms with Gasteiger partial charge in [-0.05, 0) is 18.6 Å². The molecule has 2 aliphatic rings. The van der Waals surface area contributed by atoms with E-state index in [4.69, 9.17) is 14.6 Å². The molecule has 11 nitrogen and oxygen atoms in total. The average Bonchev–Trinajstić information content (AvgIpc) is 3.38. The van der Waals surface area contributed by atoms with Crippen LogP contribution in [0.2, 0.25) is 0 Å². The van der Waals surface area contributed by atoms with Crippen LogP contribution in [0.1, 0.15) is 44.1 Å². The summed E-state index contributed by atoms with van der Waals surface area (Å²) in [5.74, 6) is -2.08. The maximum absolute atomic E-state index is 12.9. The molecule has 1 atom stereocenters. The van der Waals surface area contributed by atoms with Crippen molar-refractivity contribution >= 4 is 17.9 Å². The Morgan fingerprint density at radius 1 is 1.16 bits per heavy atom. The predicted molar refractivity (Wildman–Crippen MR) is 128 cm³/mol. The molecule has 4 heterocycles. The van der Waals surface area contributed by atoms with Crippen LogP contribution in [-0.4, -0.2) is 74.4 Å². The number of carbonyl (C=O) groups excluding carboxylic acids is 2. The molecule has 0 radical (unpaired) electrons. The summed E-state index contributed by atoms with van der Waals surface area (Å²) in [7, 11) is 0. The van der Waals surface area contributed by atoms with Crippen LogP contribution >= 0.6 is 0 Å². The summed E-state index contributed by atoms with van der Waals surface area (Å²) in [6.45, 7) is 4.69. The quantitative estimate of drug-likeness (QED) is 0.479. The number of aliphatic carboxylic acids is 1. The molecule has 208 valence electrons. The van der Waals surface area contributed by atoms with Gasteiger partial charge in [0.05, 0.1) is 18.8 Å². The van der Waals surface area contributed by atoms with E-state index in [1.165, 1.54) is 0 Å². The van der Waals surface area contributed by atoms with Gasteiger partial charge >= 0.3 is 18.2 Å². The fourth-order valence-corrected chi connectivity index (χ4v) is 4.22. The Hall–Kier alpha value is -3.68. The zero-order valence-corrected chi connectivity index (χ0v) is 20.9. The number of carboxylic acid groups (broad SMARTS) is 1. The van der Waals surface area contributed by atoms with Crippen molar-refractivity contribution in [3.8, 4) is 0 Å². The van der Waals surface area contributed by atoms with Crippen molar-refractivity contribution in [3.05, 3.63) is 48.3 Å². The normalized spacial score (nSPS) is 18.1. The third kappa shape index (κ3) is 7.43. The fraction of sp³-hybridized carbons (Fsp3) is 0.542. The number of nitrogens with one attached hydrogen (secondary N) is 2. The minimum Gasteiger partial charge on any atom is -0.475 e. The highest BCUT2D eigenvalue weighted by atomic mass is 19.4. The first-order chi connectivity index (χ1) is 18.1. The maximum atomic E-state index is 12.9. The number of rotatable bonds is 6. The van der Waals surface area contributed by atoms with Crippen LogP contribution in [0.5, 0.6) is 0 Å². The molecule has 0 aromatic carbocycles. The van der Waals surface area contributed by atoms with Crippen LogP contribution in [0.4, 0.5) is 18.0 Å². The van der Waals surface area contributed by atoms with E-state index >= 15 is 0 Å². The molecule has 2 aromatic heterocycles. The number of hydrogen-bond acceptors (Lipinski definition) is 6. The molecule has 4 rings (SSSR count). The molecule has 1 unspecified atom stereocenters. The van der Waals surface area contributed by atoms with Gasteiger partial charge in [0.25, 0.3) is 5.91 Å². The van der Waals surface area contributed by atoms with Gasteiger partial charge in [0.2, 0.25) is 0 Å². The van der Waals surface area contributed by atoms with E-state index in [0.717, 1.165) is 24.4 Å². The number of alkyl halides is 3. The van der Waals surface area contributed by atoms with Crippen molar-refractivity contribution in [3.63, 3.8) is 0 Å². The third-order valence-corrected chi connectivity index (χ3v) is 6.22. The fourth-order valence-electron chi connectivity index (χ4n) is 4.22. The Morgan fingerprint density at radius 2 is 1.87 bits per heavy atom. The Kier molecular flexibility index (Phi) is 9.66. The van der Waals surface area contributed by atoms with E-state index in [-0.39, 0.29) is 11.9 Å². The van der Waals surface area contributed by atoms with Gasteiger partial charge in [-0.3, -0.25) is 9.78 Å². The molecular weight excluding hydrogens is 509 g/mol. The lowest BCUT2D eigenvalue weighted by Crippen LogP contribution is -2.55. The Balaban J connectivity index is 0.000000505. The first kappa shape index (κ1) is 28.9. The standard InChI is InChI=1S/C22H30N6O3.C2HF3O2/c1-2-3-9-25-21(30)27-12-7-22(8-13-27)20-24-11-14-28(20)16-18(31-22)19(29)26-15-17-6-4-5-10-23-17;3-2(4,5)1(6)7/h4-6,10-11,14,18H,2-3,7-9,12-13,15-16H2,1H3,(H,25,30)(H,26,29);(H,6,7). The molecule has 14 heteroatoms. The zero-order chi connectivity index (χ0) is 27.8. The van der Waals surface area contributed by atoms with Crippen molar-refractivity contribution in [2.45, 2.75) is 63.6 Å². The van der Waals surface area contributed by atoms with Crippen molar-refractivity contribution in [1.29, 1.82) is 0 Å². The summed E-state index contributed by atoms with van der Waals surface area (Å²) in [5, 5.41) is 13.0. The van der Waals surface area contributed by atoms with Gasteiger partial charge in [-0.15, -0.1) is 0 Å². The summed E-state index contributed by atoms with van der Waals surface area (Å²) in [4.78, 5) is 44.8. The number of fused-ring (bicyclic) bond motifs is 2. The number of likely N-dealkylation sites (tertiary alicyclic amines) is 1. The van der Waals surface area contributed by atoms with Crippen LogP contribution in [0.15, 0.2) is 36.8 Å². The van der Waals surface area contributed by atoms with Crippen molar-refractivity contribution in [1.82, 2.24) is 30.1 Å². The van der Waals surface area contributed by atoms with Crippen LogP contribution in [-0.2, 0) is 33.0 Å². The number of carboxylic acids is 1. The number of imidazole rings is 1. The van der Waals surface area contributed by atoms with Gasteiger partial charge in [-0.2, -0.15) is 13.2 Å².